The molecule has 138 valence electrons. The van der Waals surface area contributed by atoms with Crippen molar-refractivity contribution in [1.29, 1.82) is 0 Å². The van der Waals surface area contributed by atoms with Crippen LogP contribution in [0.3, 0.4) is 0 Å². The summed E-state index contributed by atoms with van der Waals surface area (Å²) in [4.78, 5) is 24.8. The first kappa shape index (κ1) is 16.8. The van der Waals surface area contributed by atoms with Gasteiger partial charge in [-0.15, -0.1) is 11.3 Å². The van der Waals surface area contributed by atoms with E-state index in [2.05, 4.69) is 63.8 Å². The molecule has 0 atom stereocenters. The van der Waals surface area contributed by atoms with Crippen LogP contribution >= 0.6 is 27.3 Å². The predicted octanol–water partition coefficient (Wildman–Crippen LogP) is 2.77. The number of hydrogen-bond donors (Lipinski definition) is 0. The van der Waals surface area contributed by atoms with E-state index in [0.717, 1.165) is 63.7 Å². The maximum atomic E-state index is 4.57. The number of fused-ring (bicyclic) bond motifs is 2. The molecule has 4 aromatic heterocycles. The molecule has 1 aliphatic rings. The molecule has 0 saturated carbocycles. The van der Waals surface area contributed by atoms with Gasteiger partial charge in [0.25, 0.3) is 0 Å². The Bertz CT molecular complexity index is 1140. The minimum absolute atomic E-state index is 0.782. The van der Waals surface area contributed by atoms with Gasteiger partial charge in [-0.1, -0.05) is 0 Å². The van der Waals surface area contributed by atoms with Crippen molar-refractivity contribution in [2.75, 3.05) is 36.0 Å². The zero-order valence-electron chi connectivity index (χ0n) is 14.9. The summed E-state index contributed by atoms with van der Waals surface area (Å²) in [6.07, 6.45) is 3.28. The van der Waals surface area contributed by atoms with E-state index in [1.54, 1.807) is 28.7 Å². The van der Waals surface area contributed by atoms with Gasteiger partial charge >= 0.3 is 0 Å². The van der Waals surface area contributed by atoms with Crippen molar-refractivity contribution in [3.63, 3.8) is 0 Å². The van der Waals surface area contributed by atoms with Crippen molar-refractivity contribution in [1.82, 2.24) is 29.7 Å². The van der Waals surface area contributed by atoms with Crippen molar-refractivity contribution < 1.29 is 0 Å². The first-order valence-electron chi connectivity index (χ1n) is 8.66. The lowest BCUT2D eigenvalue weighted by molar-refractivity contribution is 0.644. The molecule has 8 nitrogen and oxygen atoms in total. The van der Waals surface area contributed by atoms with Gasteiger partial charge in [-0.3, -0.25) is 0 Å². The SMILES string of the molecule is Cc1cc2c(N3CCN(c4ncnc5c4c(Br)nn5C)CC3)ncnc2s1. The number of anilines is 2. The van der Waals surface area contributed by atoms with Crippen LogP contribution in [-0.2, 0) is 7.05 Å². The highest BCUT2D eigenvalue weighted by Gasteiger charge is 2.24. The number of halogens is 1. The van der Waals surface area contributed by atoms with E-state index < -0.39 is 0 Å². The fourth-order valence-electron chi connectivity index (χ4n) is 3.61. The highest BCUT2D eigenvalue weighted by atomic mass is 79.9. The average Bonchev–Trinajstić information content (AvgIpc) is 3.20. The summed E-state index contributed by atoms with van der Waals surface area (Å²) in [7, 11) is 1.89. The third kappa shape index (κ3) is 2.74. The summed E-state index contributed by atoms with van der Waals surface area (Å²) in [5.41, 5.74) is 0.834. The zero-order valence-corrected chi connectivity index (χ0v) is 17.3. The molecule has 4 aromatic rings. The minimum atomic E-state index is 0.782. The maximum absolute atomic E-state index is 4.57. The van der Waals surface area contributed by atoms with Gasteiger partial charge in [0.1, 0.15) is 33.7 Å². The molecule has 1 fully saturated rings. The van der Waals surface area contributed by atoms with E-state index in [4.69, 9.17) is 0 Å². The van der Waals surface area contributed by atoms with Crippen LogP contribution in [0.15, 0.2) is 23.3 Å². The lowest BCUT2D eigenvalue weighted by Gasteiger charge is -2.36. The molecule has 0 radical (unpaired) electrons. The Hall–Kier alpha value is -2.33. The number of nitrogens with zero attached hydrogens (tertiary/aromatic N) is 8. The molecule has 10 heteroatoms. The third-order valence-corrected chi connectivity index (χ3v) is 6.38. The standard InChI is InChI=1S/C17H17BrN8S/c1-10-7-11-14(19-9-22-17(11)27-10)25-3-5-26(6-4-25)16-12-13(18)23-24(2)15(12)20-8-21-16/h7-9H,3-6H2,1-2H3. The van der Waals surface area contributed by atoms with Gasteiger partial charge in [-0.25, -0.2) is 24.6 Å². The van der Waals surface area contributed by atoms with Crippen LogP contribution in [0.2, 0.25) is 0 Å². The van der Waals surface area contributed by atoms with Crippen molar-refractivity contribution in [3.8, 4) is 0 Å². The second-order valence-electron chi connectivity index (χ2n) is 6.56. The van der Waals surface area contributed by atoms with Crippen LogP contribution in [0, 0.1) is 6.92 Å². The molecule has 0 aliphatic carbocycles. The Balaban J connectivity index is 1.44. The average molecular weight is 445 g/mol. The fraction of sp³-hybridized carbons (Fsp3) is 0.353. The Morgan fingerprint density at radius 1 is 0.963 bits per heavy atom. The molecule has 0 unspecified atom stereocenters. The van der Waals surface area contributed by atoms with Crippen molar-refractivity contribution in [2.45, 2.75) is 6.92 Å². The monoisotopic (exact) mass is 444 g/mol. The largest absolute Gasteiger partial charge is 0.352 e. The van der Waals surface area contributed by atoms with Crippen LogP contribution in [0.4, 0.5) is 11.6 Å². The van der Waals surface area contributed by atoms with Gasteiger partial charge in [0.2, 0.25) is 0 Å². The van der Waals surface area contributed by atoms with E-state index in [-0.39, 0.29) is 0 Å². The Kier molecular flexibility index (Phi) is 3.97. The normalized spacial score (nSPS) is 15.2. The van der Waals surface area contributed by atoms with Crippen LogP contribution in [0.1, 0.15) is 4.88 Å². The Morgan fingerprint density at radius 3 is 2.41 bits per heavy atom. The van der Waals surface area contributed by atoms with Crippen molar-refractivity contribution >= 4 is 60.2 Å². The van der Waals surface area contributed by atoms with E-state index in [1.807, 2.05) is 7.05 Å². The molecule has 0 bridgehead atoms. The smallest absolute Gasteiger partial charge is 0.164 e. The van der Waals surface area contributed by atoms with E-state index in [0.29, 0.717) is 0 Å². The molecular weight excluding hydrogens is 428 g/mol. The molecule has 0 amide bonds. The van der Waals surface area contributed by atoms with Gasteiger partial charge in [0.15, 0.2) is 5.65 Å². The highest BCUT2D eigenvalue weighted by Crippen LogP contribution is 2.32. The molecule has 0 spiro atoms. The summed E-state index contributed by atoms with van der Waals surface area (Å²) in [6, 6.07) is 2.18. The lowest BCUT2D eigenvalue weighted by atomic mass is 10.2. The number of aryl methyl sites for hydroxylation is 2. The second-order valence-corrected chi connectivity index (χ2v) is 8.54. The third-order valence-electron chi connectivity index (χ3n) is 4.87. The van der Waals surface area contributed by atoms with Crippen LogP contribution in [0.25, 0.3) is 21.3 Å². The quantitative estimate of drug-likeness (QED) is 0.470. The first-order chi connectivity index (χ1) is 13.1. The van der Waals surface area contributed by atoms with Crippen molar-refractivity contribution in [3.05, 3.63) is 28.2 Å². The fourth-order valence-corrected chi connectivity index (χ4v) is 5.05. The van der Waals surface area contributed by atoms with Gasteiger partial charge in [0.05, 0.1) is 10.8 Å². The van der Waals surface area contributed by atoms with E-state index in [1.165, 1.54) is 4.88 Å². The number of piperazine rings is 1. The first-order valence-corrected chi connectivity index (χ1v) is 10.3. The topological polar surface area (TPSA) is 75.9 Å². The van der Waals surface area contributed by atoms with Gasteiger partial charge < -0.3 is 9.80 Å². The van der Waals surface area contributed by atoms with E-state index in [9.17, 15) is 0 Å². The Labute approximate surface area is 168 Å². The maximum Gasteiger partial charge on any atom is 0.164 e. The summed E-state index contributed by atoms with van der Waals surface area (Å²) in [6.45, 7) is 5.60. The van der Waals surface area contributed by atoms with Gasteiger partial charge in [-0.2, -0.15) is 5.10 Å². The molecular formula is C17H17BrN8S. The van der Waals surface area contributed by atoms with Crippen molar-refractivity contribution in [2.24, 2.45) is 7.05 Å². The number of thiophene rings is 1. The second kappa shape index (κ2) is 6.38. The Morgan fingerprint density at radius 2 is 1.63 bits per heavy atom. The summed E-state index contributed by atoms with van der Waals surface area (Å²) < 4.78 is 2.56. The molecule has 0 aromatic carbocycles. The van der Waals surface area contributed by atoms with Gasteiger partial charge in [-0.05, 0) is 28.9 Å². The highest BCUT2D eigenvalue weighted by molar-refractivity contribution is 9.10. The molecule has 27 heavy (non-hydrogen) atoms. The minimum Gasteiger partial charge on any atom is -0.352 e. The summed E-state index contributed by atoms with van der Waals surface area (Å²) in [5, 5.41) is 6.53. The molecule has 0 N–H and O–H groups in total. The number of aromatic nitrogens is 6. The lowest BCUT2D eigenvalue weighted by Crippen LogP contribution is -2.47. The number of hydrogen-bond acceptors (Lipinski definition) is 8. The molecule has 1 aliphatic heterocycles. The summed E-state index contributed by atoms with van der Waals surface area (Å²) >= 11 is 5.26. The van der Waals surface area contributed by atoms with Gasteiger partial charge in [0, 0.05) is 38.1 Å². The molecule has 1 saturated heterocycles. The van der Waals surface area contributed by atoms with Crippen LogP contribution in [0.5, 0.6) is 0 Å². The van der Waals surface area contributed by atoms with Crippen LogP contribution < -0.4 is 9.80 Å². The molecule has 5 rings (SSSR count). The van der Waals surface area contributed by atoms with E-state index >= 15 is 0 Å². The van der Waals surface area contributed by atoms with Crippen LogP contribution in [-0.4, -0.2) is 55.9 Å². The molecule has 5 heterocycles. The number of rotatable bonds is 2. The zero-order chi connectivity index (χ0) is 18.5. The predicted molar refractivity (Wildman–Crippen MR) is 111 cm³/mol. The summed E-state index contributed by atoms with van der Waals surface area (Å²) in [5.74, 6) is 1.96.